The Morgan fingerprint density at radius 2 is 1.77 bits per heavy atom. The number of nitrogens with one attached hydrogen (secondary N) is 1. The van der Waals surface area contributed by atoms with E-state index in [-0.39, 0.29) is 5.91 Å². The Bertz CT molecular complexity index is 1100. The molecule has 1 N–H and O–H groups in total. The Hall–Kier alpha value is -3.85. The minimum atomic E-state index is -0.496. The van der Waals surface area contributed by atoms with Crippen LogP contribution in [-0.2, 0) is 9.53 Å². The van der Waals surface area contributed by atoms with Crippen molar-refractivity contribution in [2.45, 2.75) is 19.3 Å². The van der Waals surface area contributed by atoms with Crippen molar-refractivity contribution in [1.29, 1.82) is 5.26 Å². The predicted octanol–water partition coefficient (Wildman–Crippen LogP) is 4.69. The molecule has 0 aromatic heterocycles. The third-order valence-electron chi connectivity index (χ3n) is 4.60. The summed E-state index contributed by atoms with van der Waals surface area (Å²) >= 11 is 0. The van der Waals surface area contributed by atoms with Crippen molar-refractivity contribution >= 4 is 28.3 Å². The molecule has 30 heavy (non-hydrogen) atoms. The van der Waals surface area contributed by atoms with Crippen LogP contribution >= 0.6 is 0 Å². The molecule has 3 aromatic rings. The summed E-state index contributed by atoms with van der Waals surface area (Å²) in [7, 11) is 1.31. The zero-order chi connectivity index (χ0) is 21.3. The van der Waals surface area contributed by atoms with Crippen molar-refractivity contribution in [3.63, 3.8) is 0 Å². The fourth-order valence-corrected chi connectivity index (χ4v) is 3.07. The molecule has 0 unspecified atom stereocenters. The van der Waals surface area contributed by atoms with Crippen LogP contribution in [0.15, 0.2) is 60.7 Å². The number of hydrogen-bond donors (Lipinski definition) is 1. The molecule has 152 valence electrons. The van der Waals surface area contributed by atoms with Crippen molar-refractivity contribution in [3.8, 4) is 11.8 Å². The van der Waals surface area contributed by atoms with E-state index < -0.39 is 5.97 Å². The number of nitrogens with zero attached hydrogens (tertiary/aromatic N) is 1. The van der Waals surface area contributed by atoms with Gasteiger partial charge in [0.15, 0.2) is 0 Å². The average molecular weight is 402 g/mol. The van der Waals surface area contributed by atoms with Gasteiger partial charge in [0.2, 0.25) is 5.91 Å². The molecular weight excluding hydrogens is 380 g/mol. The third kappa shape index (κ3) is 5.36. The molecule has 6 heteroatoms. The number of rotatable bonds is 8. The SMILES string of the molecule is COC(=O)c1cc2ccccc2cc1NC(=O)CCCCOc1cccc(C#N)c1. The Balaban J connectivity index is 1.54. The van der Waals surface area contributed by atoms with Gasteiger partial charge in [-0.1, -0.05) is 30.3 Å². The summed E-state index contributed by atoms with van der Waals surface area (Å²) < 4.78 is 10.5. The number of benzene rings is 3. The van der Waals surface area contributed by atoms with E-state index >= 15 is 0 Å². The van der Waals surface area contributed by atoms with Crippen molar-refractivity contribution in [2.75, 3.05) is 19.0 Å². The number of hydrogen-bond acceptors (Lipinski definition) is 5. The van der Waals surface area contributed by atoms with E-state index in [0.29, 0.717) is 48.4 Å². The van der Waals surface area contributed by atoms with Gasteiger partial charge in [-0.15, -0.1) is 0 Å². The first-order valence-electron chi connectivity index (χ1n) is 9.64. The van der Waals surface area contributed by atoms with E-state index in [9.17, 15) is 9.59 Å². The van der Waals surface area contributed by atoms with Crippen LogP contribution in [0.5, 0.6) is 5.75 Å². The van der Waals surface area contributed by atoms with Crippen LogP contribution in [0.25, 0.3) is 10.8 Å². The number of amides is 1. The summed E-state index contributed by atoms with van der Waals surface area (Å²) in [6, 6.07) is 20.1. The van der Waals surface area contributed by atoms with Crippen molar-refractivity contribution in [1.82, 2.24) is 0 Å². The van der Waals surface area contributed by atoms with E-state index in [1.165, 1.54) is 7.11 Å². The lowest BCUT2D eigenvalue weighted by molar-refractivity contribution is -0.116. The van der Waals surface area contributed by atoms with Crippen LogP contribution < -0.4 is 10.1 Å². The zero-order valence-corrected chi connectivity index (χ0v) is 16.7. The normalized spacial score (nSPS) is 10.3. The fraction of sp³-hybridized carbons (Fsp3) is 0.208. The topological polar surface area (TPSA) is 88.4 Å². The molecule has 0 heterocycles. The first kappa shape index (κ1) is 20.9. The molecule has 3 rings (SSSR count). The molecule has 0 aliphatic carbocycles. The van der Waals surface area contributed by atoms with Crippen LogP contribution in [0.4, 0.5) is 5.69 Å². The molecule has 0 aliphatic heterocycles. The quantitative estimate of drug-likeness (QED) is 0.436. The van der Waals surface area contributed by atoms with Gasteiger partial charge in [-0.2, -0.15) is 5.26 Å². The number of carbonyl (C=O) groups excluding carboxylic acids is 2. The molecule has 0 fully saturated rings. The van der Waals surface area contributed by atoms with Gasteiger partial charge >= 0.3 is 5.97 Å². The molecule has 0 atom stereocenters. The predicted molar refractivity (Wildman–Crippen MR) is 114 cm³/mol. The maximum absolute atomic E-state index is 12.4. The van der Waals surface area contributed by atoms with Gasteiger partial charge in [0.05, 0.1) is 36.6 Å². The first-order valence-corrected chi connectivity index (χ1v) is 9.64. The van der Waals surface area contributed by atoms with E-state index in [2.05, 4.69) is 11.4 Å². The highest BCUT2D eigenvalue weighted by Gasteiger charge is 2.15. The van der Waals surface area contributed by atoms with Gasteiger partial charge in [0.25, 0.3) is 0 Å². The highest BCUT2D eigenvalue weighted by atomic mass is 16.5. The zero-order valence-electron chi connectivity index (χ0n) is 16.7. The van der Waals surface area contributed by atoms with Crippen molar-refractivity contribution < 1.29 is 19.1 Å². The van der Waals surface area contributed by atoms with E-state index in [0.717, 1.165) is 10.8 Å². The molecule has 0 spiro atoms. The number of methoxy groups -OCH3 is 1. The van der Waals surface area contributed by atoms with Crippen LogP contribution in [0.3, 0.4) is 0 Å². The Kier molecular flexibility index (Phi) is 7.01. The van der Waals surface area contributed by atoms with E-state index in [4.69, 9.17) is 14.7 Å². The maximum Gasteiger partial charge on any atom is 0.339 e. The molecule has 0 radical (unpaired) electrons. The lowest BCUT2D eigenvalue weighted by Crippen LogP contribution is -2.15. The van der Waals surface area contributed by atoms with E-state index in [1.807, 2.05) is 24.3 Å². The number of ether oxygens (including phenoxy) is 2. The Morgan fingerprint density at radius 1 is 1.00 bits per heavy atom. The molecule has 6 nitrogen and oxygen atoms in total. The number of esters is 1. The van der Waals surface area contributed by atoms with Crippen LogP contribution in [-0.4, -0.2) is 25.6 Å². The highest BCUT2D eigenvalue weighted by molar-refractivity contribution is 6.05. The van der Waals surface area contributed by atoms with Gasteiger partial charge < -0.3 is 14.8 Å². The second-order valence-corrected chi connectivity index (χ2v) is 6.73. The van der Waals surface area contributed by atoms with Gasteiger partial charge in [0, 0.05) is 6.42 Å². The fourth-order valence-electron chi connectivity index (χ4n) is 3.07. The summed E-state index contributed by atoms with van der Waals surface area (Å²) in [6.07, 6.45) is 1.62. The van der Waals surface area contributed by atoms with Crippen LogP contribution in [0.1, 0.15) is 35.2 Å². The minimum Gasteiger partial charge on any atom is -0.494 e. The molecule has 0 bridgehead atoms. The Morgan fingerprint density at radius 3 is 2.50 bits per heavy atom. The van der Waals surface area contributed by atoms with Gasteiger partial charge in [0.1, 0.15) is 5.75 Å². The molecule has 3 aromatic carbocycles. The van der Waals surface area contributed by atoms with Crippen molar-refractivity contribution in [2.24, 2.45) is 0 Å². The highest BCUT2D eigenvalue weighted by Crippen LogP contribution is 2.25. The monoisotopic (exact) mass is 402 g/mol. The molecule has 0 saturated heterocycles. The molecule has 1 amide bonds. The summed E-state index contributed by atoms with van der Waals surface area (Å²) in [5.74, 6) is -0.0386. The third-order valence-corrected chi connectivity index (χ3v) is 4.60. The molecule has 0 saturated carbocycles. The van der Waals surface area contributed by atoms with Crippen LogP contribution in [0, 0.1) is 11.3 Å². The van der Waals surface area contributed by atoms with E-state index in [1.54, 1.807) is 36.4 Å². The van der Waals surface area contributed by atoms with Crippen molar-refractivity contribution in [3.05, 3.63) is 71.8 Å². The summed E-state index contributed by atoms with van der Waals surface area (Å²) in [5.41, 5.74) is 1.31. The van der Waals surface area contributed by atoms with Crippen LogP contribution in [0.2, 0.25) is 0 Å². The number of carbonyl (C=O) groups is 2. The number of fused-ring (bicyclic) bond motifs is 1. The first-order chi connectivity index (χ1) is 14.6. The summed E-state index contributed by atoms with van der Waals surface area (Å²) in [4.78, 5) is 24.5. The second kappa shape index (κ2) is 10.1. The maximum atomic E-state index is 12.4. The smallest absolute Gasteiger partial charge is 0.339 e. The lowest BCUT2D eigenvalue weighted by atomic mass is 10.0. The minimum absolute atomic E-state index is 0.179. The summed E-state index contributed by atoms with van der Waals surface area (Å²) in [6.45, 7) is 0.450. The number of unbranched alkanes of at least 4 members (excludes halogenated alkanes) is 1. The Labute approximate surface area is 175 Å². The molecular formula is C24H22N2O4. The summed E-state index contributed by atoms with van der Waals surface area (Å²) in [5, 5.41) is 13.5. The van der Waals surface area contributed by atoms with Gasteiger partial charge in [-0.05, 0) is 53.9 Å². The average Bonchev–Trinajstić information content (AvgIpc) is 2.78. The van der Waals surface area contributed by atoms with Gasteiger partial charge in [-0.3, -0.25) is 4.79 Å². The lowest BCUT2D eigenvalue weighted by Gasteiger charge is -2.12. The number of anilines is 1. The second-order valence-electron chi connectivity index (χ2n) is 6.73. The largest absolute Gasteiger partial charge is 0.494 e. The standard InChI is InChI=1S/C24H22N2O4/c1-29-24(28)21-14-18-8-2-3-9-19(18)15-22(21)26-23(27)11-4-5-12-30-20-10-6-7-17(13-20)16-25/h2-3,6-10,13-15H,4-5,11-12H2,1H3,(H,26,27). The van der Waals surface area contributed by atoms with Gasteiger partial charge in [-0.25, -0.2) is 4.79 Å². The number of nitriles is 1. The molecule has 0 aliphatic rings.